The van der Waals surface area contributed by atoms with Crippen LogP contribution in [0, 0.1) is 6.92 Å². The third-order valence-electron chi connectivity index (χ3n) is 3.66. The van der Waals surface area contributed by atoms with Gasteiger partial charge in [0.2, 0.25) is 17.7 Å². The number of nitrogens with zero attached hydrogens (tertiary/aromatic N) is 2. The molecule has 110 valence electrons. The molecule has 1 unspecified atom stereocenters. The molecule has 1 N–H and O–H groups in total. The van der Waals surface area contributed by atoms with Gasteiger partial charge in [0, 0.05) is 6.04 Å². The Kier molecular flexibility index (Phi) is 4.54. The summed E-state index contributed by atoms with van der Waals surface area (Å²) in [6, 6.07) is -0.457. The highest BCUT2D eigenvalue weighted by Crippen LogP contribution is 2.20. The lowest BCUT2D eigenvalue weighted by Gasteiger charge is -2.24. The Morgan fingerprint density at radius 1 is 1.45 bits per heavy atom. The molecule has 0 spiro atoms. The Morgan fingerprint density at radius 3 is 2.70 bits per heavy atom. The summed E-state index contributed by atoms with van der Waals surface area (Å²) in [5.74, 6) is 1.04. The SMILES string of the molecule is CCC(CC)N1C(=O)CC(NCc2ncc(C)o2)C1=O. The van der Waals surface area contributed by atoms with E-state index in [1.165, 1.54) is 4.90 Å². The quantitative estimate of drug-likeness (QED) is 0.796. The molecule has 0 saturated carbocycles. The van der Waals surface area contributed by atoms with Gasteiger partial charge in [-0.05, 0) is 19.8 Å². The largest absolute Gasteiger partial charge is 0.445 e. The molecule has 6 nitrogen and oxygen atoms in total. The molecule has 1 aliphatic heterocycles. The van der Waals surface area contributed by atoms with Gasteiger partial charge in [-0.25, -0.2) is 4.98 Å². The van der Waals surface area contributed by atoms with Crippen molar-refractivity contribution < 1.29 is 14.0 Å². The molecule has 0 aliphatic carbocycles. The average molecular weight is 279 g/mol. The summed E-state index contributed by atoms with van der Waals surface area (Å²) in [5.41, 5.74) is 0. The highest BCUT2D eigenvalue weighted by atomic mass is 16.4. The molecule has 1 fully saturated rings. The first-order valence-corrected chi connectivity index (χ1v) is 7.07. The first-order valence-electron chi connectivity index (χ1n) is 7.07. The van der Waals surface area contributed by atoms with Gasteiger partial charge in [-0.1, -0.05) is 13.8 Å². The van der Waals surface area contributed by atoms with E-state index in [1.54, 1.807) is 6.20 Å². The molecule has 0 bridgehead atoms. The average Bonchev–Trinajstić information content (AvgIpc) is 2.95. The molecule has 2 rings (SSSR count). The molecular weight excluding hydrogens is 258 g/mol. The molecule has 1 saturated heterocycles. The minimum atomic E-state index is -0.463. The number of carbonyl (C=O) groups is 2. The van der Waals surface area contributed by atoms with Crippen LogP contribution in [0.3, 0.4) is 0 Å². The first kappa shape index (κ1) is 14.7. The minimum Gasteiger partial charge on any atom is -0.445 e. The lowest BCUT2D eigenvalue weighted by molar-refractivity contribution is -0.141. The van der Waals surface area contributed by atoms with Crippen molar-refractivity contribution >= 4 is 11.8 Å². The molecule has 2 heterocycles. The van der Waals surface area contributed by atoms with Crippen LogP contribution in [0.5, 0.6) is 0 Å². The number of oxazole rings is 1. The summed E-state index contributed by atoms with van der Waals surface area (Å²) in [7, 11) is 0. The zero-order chi connectivity index (χ0) is 14.7. The van der Waals surface area contributed by atoms with E-state index in [-0.39, 0.29) is 24.3 Å². The second-order valence-corrected chi connectivity index (χ2v) is 5.07. The number of hydrogen-bond donors (Lipinski definition) is 1. The lowest BCUT2D eigenvalue weighted by Crippen LogP contribution is -2.43. The van der Waals surface area contributed by atoms with Crippen LogP contribution in [-0.4, -0.2) is 33.8 Å². The minimum absolute atomic E-state index is 0.00535. The maximum absolute atomic E-state index is 12.3. The zero-order valence-electron chi connectivity index (χ0n) is 12.2. The van der Waals surface area contributed by atoms with E-state index in [0.717, 1.165) is 18.6 Å². The molecule has 0 aromatic carbocycles. The fourth-order valence-electron chi connectivity index (χ4n) is 2.54. The predicted octanol–water partition coefficient (Wildman–Crippen LogP) is 1.39. The fourth-order valence-corrected chi connectivity index (χ4v) is 2.54. The summed E-state index contributed by atoms with van der Waals surface area (Å²) in [5, 5.41) is 3.06. The van der Waals surface area contributed by atoms with E-state index >= 15 is 0 Å². The van der Waals surface area contributed by atoms with Gasteiger partial charge in [0.15, 0.2) is 0 Å². The Labute approximate surface area is 118 Å². The van der Waals surface area contributed by atoms with E-state index in [4.69, 9.17) is 4.42 Å². The van der Waals surface area contributed by atoms with Crippen LogP contribution in [0.2, 0.25) is 0 Å². The van der Waals surface area contributed by atoms with Crippen molar-refractivity contribution in [1.29, 1.82) is 0 Å². The summed E-state index contributed by atoms with van der Waals surface area (Å²) < 4.78 is 5.34. The second kappa shape index (κ2) is 6.17. The summed E-state index contributed by atoms with van der Waals surface area (Å²) in [6.45, 7) is 6.15. The Morgan fingerprint density at radius 2 is 2.15 bits per heavy atom. The molecule has 1 aliphatic rings. The van der Waals surface area contributed by atoms with Gasteiger partial charge in [0.1, 0.15) is 5.76 Å². The van der Waals surface area contributed by atoms with Crippen molar-refractivity contribution in [3.63, 3.8) is 0 Å². The van der Waals surface area contributed by atoms with Gasteiger partial charge in [0.05, 0.1) is 25.2 Å². The number of aromatic nitrogens is 1. The molecule has 1 aromatic rings. The van der Waals surface area contributed by atoms with E-state index in [9.17, 15) is 9.59 Å². The molecule has 2 amide bonds. The Bertz CT molecular complexity index is 494. The van der Waals surface area contributed by atoms with Gasteiger partial charge in [-0.15, -0.1) is 0 Å². The van der Waals surface area contributed by atoms with Crippen LogP contribution in [-0.2, 0) is 16.1 Å². The maximum Gasteiger partial charge on any atom is 0.247 e. The van der Waals surface area contributed by atoms with Gasteiger partial charge in [0.25, 0.3) is 0 Å². The van der Waals surface area contributed by atoms with E-state index in [2.05, 4.69) is 10.3 Å². The molecule has 20 heavy (non-hydrogen) atoms. The predicted molar refractivity (Wildman–Crippen MR) is 72.7 cm³/mol. The summed E-state index contributed by atoms with van der Waals surface area (Å²) in [6.07, 6.45) is 3.43. The topological polar surface area (TPSA) is 75.4 Å². The molecule has 6 heteroatoms. The van der Waals surface area contributed by atoms with Crippen LogP contribution >= 0.6 is 0 Å². The normalized spacial score (nSPS) is 19.4. The number of carbonyl (C=O) groups excluding carboxylic acids is 2. The number of imide groups is 1. The van der Waals surface area contributed by atoms with Crippen LogP contribution in [0.25, 0.3) is 0 Å². The van der Waals surface area contributed by atoms with E-state index < -0.39 is 6.04 Å². The highest BCUT2D eigenvalue weighted by molar-refractivity contribution is 6.05. The number of amides is 2. The summed E-state index contributed by atoms with van der Waals surface area (Å²) in [4.78, 5) is 29.8. The standard InChI is InChI=1S/C14H21N3O3/c1-4-10(5-2)17-13(18)6-11(14(17)19)15-8-12-16-7-9(3)20-12/h7,10-11,15H,4-6,8H2,1-3H3. The number of hydrogen-bond acceptors (Lipinski definition) is 5. The van der Waals surface area contributed by atoms with Gasteiger partial charge >= 0.3 is 0 Å². The molecular formula is C14H21N3O3. The Hall–Kier alpha value is -1.69. The smallest absolute Gasteiger partial charge is 0.247 e. The number of nitrogens with one attached hydrogen (secondary N) is 1. The zero-order valence-corrected chi connectivity index (χ0v) is 12.2. The summed E-state index contributed by atoms with van der Waals surface area (Å²) >= 11 is 0. The molecule has 1 atom stereocenters. The van der Waals surface area contributed by atoms with Crippen molar-refractivity contribution in [3.8, 4) is 0 Å². The van der Waals surface area contributed by atoms with Crippen LogP contribution in [0.1, 0.15) is 44.8 Å². The van der Waals surface area contributed by atoms with Gasteiger partial charge < -0.3 is 4.42 Å². The lowest BCUT2D eigenvalue weighted by atomic mass is 10.1. The van der Waals surface area contributed by atoms with Crippen molar-refractivity contribution in [2.75, 3.05) is 0 Å². The fraction of sp³-hybridized carbons (Fsp3) is 0.643. The van der Waals surface area contributed by atoms with Crippen LogP contribution in [0.4, 0.5) is 0 Å². The van der Waals surface area contributed by atoms with E-state index in [0.29, 0.717) is 12.4 Å². The van der Waals surface area contributed by atoms with Crippen molar-refractivity contribution in [2.45, 2.75) is 58.7 Å². The first-order chi connectivity index (χ1) is 9.56. The molecule has 0 radical (unpaired) electrons. The van der Waals surface area contributed by atoms with Crippen LogP contribution < -0.4 is 5.32 Å². The van der Waals surface area contributed by atoms with Crippen molar-refractivity contribution in [2.24, 2.45) is 0 Å². The maximum atomic E-state index is 12.3. The second-order valence-electron chi connectivity index (χ2n) is 5.07. The van der Waals surface area contributed by atoms with E-state index in [1.807, 2.05) is 20.8 Å². The highest BCUT2D eigenvalue weighted by Gasteiger charge is 2.41. The van der Waals surface area contributed by atoms with Crippen LogP contribution in [0.15, 0.2) is 10.6 Å². The van der Waals surface area contributed by atoms with Crippen molar-refractivity contribution in [1.82, 2.24) is 15.2 Å². The van der Waals surface area contributed by atoms with Crippen molar-refractivity contribution in [3.05, 3.63) is 17.8 Å². The number of likely N-dealkylation sites (tertiary alicyclic amines) is 1. The third-order valence-corrected chi connectivity index (χ3v) is 3.66. The molecule has 1 aromatic heterocycles. The van der Waals surface area contributed by atoms with Gasteiger partial charge in [-0.3, -0.25) is 19.8 Å². The number of rotatable bonds is 6. The Balaban J connectivity index is 1.97. The monoisotopic (exact) mass is 279 g/mol. The van der Waals surface area contributed by atoms with Gasteiger partial charge in [-0.2, -0.15) is 0 Å². The third kappa shape index (κ3) is 2.90. The number of aryl methyl sites for hydroxylation is 1.